The molecule has 17 heavy (non-hydrogen) atoms. The highest BCUT2D eigenvalue weighted by Crippen LogP contribution is 2.37. The highest BCUT2D eigenvalue weighted by atomic mass is 35.5. The summed E-state index contributed by atoms with van der Waals surface area (Å²) in [6.07, 6.45) is -0.884. The molecular formula is C12H9Cl2FOS. The number of halogens is 3. The zero-order valence-electron chi connectivity index (χ0n) is 8.88. The summed E-state index contributed by atoms with van der Waals surface area (Å²) >= 11 is 13.0. The van der Waals surface area contributed by atoms with Crippen LogP contribution < -0.4 is 0 Å². The van der Waals surface area contributed by atoms with E-state index in [1.165, 1.54) is 23.5 Å². The van der Waals surface area contributed by atoms with Gasteiger partial charge in [-0.3, -0.25) is 0 Å². The first-order chi connectivity index (χ1) is 7.99. The largest absolute Gasteiger partial charge is 0.384 e. The molecule has 0 saturated heterocycles. The molecule has 0 aliphatic rings. The van der Waals surface area contributed by atoms with Crippen molar-refractivity contribution in [2.45, 2.75) is 13.0 Å². The Balaban J connectivity index is 2.40. The van der Waals surface area contributed by atoms with Gasteiger partial charge in [-0.05, 0) is 30.2 Å². The van der Waals surface area contributed by atoms with Crippen LogP contribution in [0.15, 0.2) is 24.3 Å². The van der Waals surface area contributed by atoms with Gasteiger partial charge in [0.25, 0.3) is 0 Å². The predicted molar refractivity (Wildman–Crippen MR) is 69.5 cm³/mol. The molecule has 1 nitrogen and oxygen atoms in total. The molecule has 1 N–H and O–H groups in total. The van der Waals surface area contributed by atoms with Gasteiger partial charge in [0.2, 0.25) is 0 Å². The minimum Gasteiger partial charge on any atom is -0.384 e. The average Bonchev–Trinajstić information content (AvgIpc) is 2.61. The van der Waals surface area contributed by atoms with Crippen molar-refractivity contribution in [1.29, 1.82) is 0 Å². The summed E-state index contributed by atoms with van der Waals surface area (Å²) in [7, 11) is 0. The number of hydrogen-bond donors (Lipinski definition) is 1. The number of aryl methyl sites for hydroxylation is 1. The van der Waals surface area contributed by atoms with Crippen molar-refractivity contribution in [2.24, 2.45) is 0 Å². The predicted octanol–water partition coefficient (Wildman–Crippen LogP) is 4.58. The fraction of sp³-hybridized carbons (Fsp3) is 0.167. The van der Waals surface area contributed by atoms with Gasteiger partial charge in [0.05, 0.1) is 4.34 Å². The number of rotatable bonds is 2. The molecule has 0 radical (unpaired) electrons. The van der Waals surface area contributed by atoms with Gasteiger partial charge in [-0.15, -0.1) is 11.3 Å². The summed E-state index contributed by atoms with van der Waals surface area (Å²) in [6.45, 7) is 1.65. The van der Waals surface area contributed by atoms with Crippen LogP contribution in [0.5, 0.6) is 0 Å². The standard InChI is InChI=1S/C12H9Cl2FOS/c1-6-4-7(2-3-9(6)15)11(16)8-5-10(13)17-12(8)14/h2-5,11,16H,1H3. The third-order valence-corrected chi connectivity index (χ3v) is 3.99. The molecule has 2 rings (SSSR count). The quantitative estimate of drug-likeness (QED) is 0.858. The van der Waals surface area contributed by atoms with Crippen LogP contribution >= 0.6 is 34.5 Å². The number of hydrogen-bond acceptors (Lipinski definition) is 2. The van der Waals surface area contributed by atoms with Crippen LogP contribution in [0.2, 0.25) is 8.67 Å². The monoisotopic (exact) mass is 290 g/mol. The fourth-order valence-corrected chi connectivity index (χ4v) is 3.08. The van der Waals surface area contributed by atoms with Gasteiger partial charge in [-0.2, -0.15) is 0 Å². The van der Waals surface area contributed by atoms with Gasteiger partial charge in [-0.1, -0.05) is 35.3 Å². The van der Waals surface area contributed by atoms with E-state index >= 15 is 0 Å². The maximum absolute atomic E-state index is 13.1. The number of benzene rings is 1. The highest BCUT2D eigenvalue weighted by molar-refractivity contribution is 7.20. The fourth-order valence-electron chi connectivity index (χ4n) is 1.56. The molecule has 5 heteroatoms. The van der Waals surface area contributed by atoms with Crippen molar-refractivity contribution in [3.05, 3.63) is 55.4 Å². The molecule has 0 aliphatic carbocycles. The molecule has 1 atom stereocenters. The third-order valence-electron chi connectivity index (χ3n) is 2.48. The second-order valence-electron chi connectivity index (χ2n) is 3.69. The van der Waals surface area contributed by atoms with Gasteiger partial charge in [0, 0.05) is 5.56 Å². The zero-order chi connectivity index (χ0) is 12.6. The van der Waals surface area contributed by atoms with Crippen LogP contribution in [0.3, 0.4) is 0 Å². The number of aliphatic hydroxyl groups is 1. The van der Waals surface area contributed by atoms with Crippen molar-refractivity contribution in [1.82, 2.24) is 0 Å². The van der Waals surface area contributed by atoms with Crippen LogP contribution in [0.1, 0.15) is 22.8 Å². The van der Waals surface area contributed by atoms with Crippen molar-refractivity contribution in [3.63, 3.8) is 0 Å². The molecule has 1 heterocycles. The van der Waals surface area contributed by atoms with E-state index in [1.54, 1.807) is 19.1 Å². The maximum atomic E-state index is 13.1. The Bertz CT molecular complexity index is 553. The van der Waals surface area contributed by atoms with Crippen molar-refractivity contribution >= 4 is 34.5 Å². The molecule has 0 amide bonds. The summed E-state index contributed by atoms with van der Waals surface area (Å²) in [5.74, 6) is -0.296. The Labute approximate surface area is 112 Å². The first-order valence-corrected chi connectivity index (χ1v) is 6.45. The lowest BCUT2D eigenvalue weighted by atomic mass is 10.0. The lowest BCUT2D eigenvalue weighted by Gasteiger charge is -2.11. The molecular weight excluding hydrogens is 282 g/mol. The van der Waals surface area contributed by atoms with E-state index in [0.29, 0.717) is 25.4 Å². The van der Waals surface area contributed by atoms with Crippen LogP contribution in [0, 0.1) is 12.7 Å². The van der Waals surface area contributed by atoms with Gasteiger partial charge in [-0.25, -0.2) is 4.39 Å². The van der Waals surface area contributed by atoms with E-state index in [2.05, 4.69) is 0 Å². The summed E-state index contributed by atoms with van der Waals surface area (Å²) in [5.41, 5.74) is 1.63. The Morgan fingerprint density at radius 2 is 2.00 bits per heavy atom. The molecule has 1 aromatic heterocycles. The summed E-state index contributed by atoms with van der Waals surface area (Å²) in [4.78, 5) is 0. The van der Waals surface area contributed by atoms with Gasteiger partial charge >= 0.3 is 0 Å². The van der Waals surface area contributed by atoms with Crippen LogP contribution in [0.4, 0.5) is 4.39 Å². The first kappa shape index (κ1) is 12.8. The van der Waals surface area contributed by atoms with E-state index < -0.39 is 6.10 Å². The summed E-state index contributed by atoms with van der Waals surface area (Å²) in [5, 5.41) is 10.1. The molecule has 90 valence electrons. The normalized spacial score (nSPS) is 12.8. The van der Waals surface area contributed by atoms with Crippen LogP contribution in [0.25, 0.3) is 0 Å². The van der Waals surface area contributed by atoms with Crippen LogP contribution in [-0.4, -0.2) is 5.11 Å². The van der Waals surface area contributed by atoms with Gasteiger partial charge in [0.15, 0.2) is 0 Å². The highest BCUT2D eigenvalue weighted by Gasteiger charge is 2.17. The minimum atomic E-state index is -0.884. The lowest BCUT2D eigenvalue weighted by molar-refractivity contribution is 0.220. The lowest BCUT2D eigenvalue weighted by Crippen LogP contribution is -1.99. The SMILES string of the molecule is Cc1cc(C(O)c2cc(Cl)sc2Cl)ccc1F. The second-order valence-corrected chi connectivity index (χ2v) is 5.98. The molecule has 0 fully saturated rings. The van der Waals surface area contributed by atoms with E-state index in [1.807, 2.05) is 0 Å². The smallest absolute Gasteiger partial charge is 0.126 e. The first-order valence-electron chi connectivity index (χ1n) is 4.88. The molecule has 0 saturated carbocycles. The third kappa shape index (κ3) is 2.63. The molecule has 0 bridgehead atoms. The average molecular weight is 291 g/mol. The zero-order valence-corrected chi connectivity index (χ0v) is 11.2. The van der Waals surface area contributed by atoms with Crippen molar-refractivity contribution < 1.29 is 9.50 Å². The van der Waals surface area contributed by atoms with Crippen LogP contribution in [-0.2, 0) is 0 Å². The van der Waals surface area contributed by atoms with Gasteiger partial charge in [0.1, 0.15) is 16.3 Å². The van der Waals surface area contributed by atoms with E-state index in [4.69, 9.17) is 23.2 Å². The van der Waals surface area contributed by atoms with Crippen molar-refractivity contribution in [2.75, 3.05) is 0 Å². The summed E-state index contributed by atoms with van der Waals surface area (Å²) in [6, 6.07) is 6.09. The number of aliphatic hydroxyl groups excluding tert-OH is 1. The minimum absolute atomic E-state index is 0.296. The molecule has 1 aromatic carbocycles. The van der Waals surface area contributed by atoms with Gasteiger partial charge < -0.3 is 5.11 Å². The molecule has 0 aliphatic heterocycles. The molecule has 1 unspecified atom stereocenters. The van der Waals surface area contributed by atoms with E-state index in [9.17, 15) is 9.50 Å². The molecule has 2 aromatic rings. The van der Waals surface area contributed by atoms with E-state index in [0.717, 1.165) is 0 Å². The van der Waals surface area contributed by atoms with Crippen molar-refractivity contribution in [3.8, 4) is 0 Å². The van der Waals surface area contributed by atoms with E-state index in [-0.39, 0.29) is 5.82 Å². The Morgan fingerprint density at radius 3 is 2.53 bits per heavy atom. The molecule has 0 spiro atoms. The topological polar surface area (TPSA) is 20.2 Å². The second kappa shape index (κ2) is 4.94. The maximum Gasteiger partial charge on any atom is 0.126 e. The summed E-state index contributed by atoms with van der Waals surface area (Å²) < 4.78 is 14.1. The Morgan fingerprint density at radius 1 is 1.29 bits per heavy atom. The number of thiophene rings is 1. The Kier molecular flexibility index (Phi) is 3.73. The Hall–Kier alpha value is -0.610.